The lowest BCUT2D eigenvalue weighted by Crippen LogP contribution is -2.61. The molecular formula is C128H99BN4. The van der Waals surface area contributed by atoms with E-state index in [0.717, 1.165) is 123 Å². The maximum Gasteiger partial charge on any atom is 0.252 e. The molecule has 0 fully saturated rings. The van der Waals surface area contributed by atoms with E-state index in [4.69, 9.17) is 0 Å². The zero-order valence-electron chi connectivity index (χ0n) is 77.2. The van der Waals surface area contributed by atoms with Crippen molar-refractivity contribution in [3.05, 3.63) is 404 Å². The van der Waals surface area contributed by atoms with Gasteiger partial charge in [-0.25, -0.2) is 0 Å². The normalized spacial score (nSPS) is 13.2. The van der Waals surface area contributed by atoms with Gasteiger partial charge < -0.3 is 18.9 Å². The molecule has 0 amide bonds. The smallest absolute Gasteiger partial charge is 0.252 e. The van der Waals surface area contributed by atoms with E-state index in [-0.39, 0.29) is 28.4 Å². The Morgan fingerprint density at radius 1 is 0.195 bits per heavy atom. The van der Waals surface area contributed by atoms with Crippen molar-refractivity contribution in [2.75, 3.05) is 9.80 Å². The first kappa shape index (κ1) is 78.7. The van der Waals surface area contributed by atoms with Gasteiger partial charge in [0.15, 0.2) is 0 Å². The lowest BCUT2D eigenvalue weighted by molar-refractivity contribution is 0.590. The summed E-state index contributed by atoms with van der Waals surface area (Å²) in [5, 5.41) is 20.6. The predicted molar refractivity (Wildman–Crippen MR) is 572 cm³/mol. The van der Waals surface area contributed by atoms with Crippen molar-refractivity contribution < 1.29 is 0 Å². The standard InChI is InChI=1S/C128H99BN4/c1-125(2,3)90-52-40-79(41-53-90)100-68-87(76-26-16-13-17-27-76)69-101(80-42-54-91(55-43-80)126(4,5)6)123(100)132-110-74-94(130-106-64-48-83-32-22-36-96-97-37-23-33-84-49-65-107(130)119(115(84)97)118(106)114(83)96)60-62-104(110)129-105-63-61-95(131-108-66-50-85-34-24-38-98-99-39-25-35-86-51-67-109(131)121(117(86)99)120(108)116(85)98)75-111(105)133(113-73-89(72-112(132)122(113)129)78-30-20-15-21-31-78)124-102(81-44-56-92(57-45-81)127(7,8)9)70-88(77-28-18-14-19-29-77)71-103(124)82-46-58-93(59-47-82)128(10,11)12/h13-75H,1-12H3. The number of benzene rings is 22. The fraction of sp³-hybridized carbons (Fsp3) is 0.125. The van der Waals surface area contributed by atoms with Crippen molar-refractivity contribution in [3.8, 4) is 89.3 Å². The van der Waals surface area contributed by atoms with Crippen LogP contribution in [0.4, 0.5) is 34.1 Å². The van der Waals surface area contributed by atoms with Gasteiger partial charge in [-0.1, -0.05) is 380 Å². The average Bonchev–Trinajstić information content (AvgIpc) is 1.57. The summed E-state index contributed by atoms with van der Waals surface area (Å²) in [6, 6.07) is 149. The molecule has 0 saturated heterocycles. The molecule has 4 nitrogen and oxygen atoms in total. The molecule has 0 radical (unpaired) electrons. The van der Waals surface area contributed by atoms with Crippen LogP contribution in [0, 0.1) is 0 Å². The molecule has 22 aromatic carbocycles. The largest absolute Gasteiger partial charge is 0.310 e. The summed E-state index contributed by atoms with van der Waals surface area (Å²) in [4.78, 5) is 5.57. The number of fused-ring (bicyclic) bond motifs is 6. The maximum atomic E-state index is 2.79. The van der Waals surface area contributed by atoms with E-state index in [1.54, 1.807) is 0 Å². The van der Waals surface area contributed by atoms with Crippen molar-refractivity contribution in [1.29, 1.82) is 0 Å². The van der Waals surface area contributed by atoms with E-state index >= 15 is 0 Å². The molecule has 0 saturated carbocycles. The minimum atomic E-state index is -0.354. The van der Waals surface area contributed by atoms with Gasteiger partial charge in [0, 0.05) is 77.9 Å². The number of aromatic nitrogens is 2. The molecule has 0 bridgehead atoms. The van der Waals surface area contributed by atoms with Gasteiger partial charge in [0.2, 0.25) is 0 Å². The summed E-state index contributed by atoms with van der Waals surface area (Å²) in [7, 11) is 0. The minimum Gasteiger partial charge on any atom is -0.310 e. The number of rotatable bonds is 11. The Labute approximate surface area is 777 Å². The maximum absolute atomic E-state index is 2.79. The minimum absolute atomic E-state index is 0.111. The van der Waals surface area contributed by atoms with E-state index < -0.39 is 0 Å². The number of nitrogens with zero attached hydrogens (tertiary/aromatic N) is 4. The lowest BCUT2D eigenvalue weighted by Gasteiger charge is -2.46. The predicted octanol–water partition coefficient (Wildman–Crippen LogP) is 33.5. The summed E-state index contributed by atoms with van der Waals surface area (Å²) >= 11 is 0. The molecule has 634 valence electrons. The fourth-order valence-corrected chi connectivity index (χ4v) is 23.3. The number of hydrogen-bond acceptors (Lipinski definition) is 2. The SMILES string of the molecule is CC(C)(C)c1ccc(-c2cc(-c3ccccc3)cc(-c3ccc(C(C)(C)C)cc3)c2N2c3cc(-n4c5ccc6cccc7c8cccc9ccc4c(c98)c5c67)ccc3B3c4ccc(-n5c6ccc7cccc8c9cccc%10ccc5c(c%109)c6c78)cc4N(c4c(-c5ccc(C(C)(C)C)cc5)cc(-c5ccccc5)cc4-c4ccc(C(C)(C)C)cc4)c4cc(-c5ccccc5)cc2c43)cc1. The Hall–Kier alpha value is -15.3. The van der Waals surface area contributed by atoms with E-state index in [1.165, 1.54) is 147 Å². The van der Waals surface area contributed by atoms with Crippen LogP contribution >= 0.6 is 0 Å². The van der Waals surface area contributed by atoms with Gasteiger partial charge in [0.25, 0.3) is 6.71 Å². The molecule has 2 aliphatic rings. The summed E-state index contributed by atoms with van der Waals surface area (Å²) in [6.07, 6.45) is 0. The topological polar surface area (TPSA) is 16.3 Å². The third kappa shape index (κ3) is 11.9. The van der Waals surface area contributed by atoms with Crippen molar-refractivity contribution in [3.63, 3.8) is 0 Å². The highest BCUT2D eigenvalue weighted by Crippen LogP contribution is 2.59. The Morgan fingerprint density at radius 2 is 0.459 bits per heavy atom. The molecule has 0 unspecified atom stereocenters. The molecule has 0 N–H and O–H groups in total. The monoisotopic (exact) mass is 1700 g/mol. The Bertz CT molecular complexity index is 8000. The molecule has 0 spiro atoms. The fourth-order valence-electron chi connectivity index (χ4n) is 23.3. The van der Waals surface area contributed by atoms with Crippen LogP contribution in [0.15, 0.2) is 382 Å². The molecule has 0 atom stereocenters. The van der Waals surface area contributed by atoms with Gasteiger partial charge >= 0.3 is 0 Å². The van der Waals surface area contributed by atoms with E-state index in [2.05, 4.69) is 484 Å². The van der Waals surface area contributed by atoms with Crippen LogP contribution in [0.25, 0.3) is 198 Å². The number of hydrogen-bond donors (Lipinski definition) is 0. The molecule has 5 heteroatoms. The summed E-state index contributed by atoms with van der Waals surface area (Å²) < 4.78 is 5.24. The van der Waals surface area contributed by atoms with Gasteiger partial charge in [-0.05, 0) is 266 Å². The third-order valence-electron chi connectivity index (χ3n) is 29.9. The third-order valence-corrected chi connectivity index (χ3v) is 29.9. The first-order valence-corrected chi connectivity index (χ1v) is 47.4. The van der Waals surface area contributed by atoms with Crippen LogP contribution in [-0.2, 0) is 21.7 Å². The molecule has 4 heterocycles. The van der Waals surface area contributed by atoms with Crippen LogP contribution in [0.5, 0.6) is 0 Å². The van der Waals surface area contributed by atoms with Crippen molar-refractivity contribution in [1.82, 2.24) is 9.13 Å². The van der Waals surface area contributed by atoms with Crippen LogP contribution in [0.3, 0.4) is 0 Å². The highest BCUT2D eigenvalue weighted by Gasteiger charge is 2.47. The zero-order valence-corrected chi connectivity index (χ0v) is 77.2. The summed E-state index contributed by atoms with van der Waals surface area (Å²) in [5.74, 6) is 0. The molecule has 2 aromatic heterocycles. The first-order chi connectivity index (χ1) is 64.5. The van der Waals surface area contributed by atoms with E-state index in [1.807, 2.05) is 0 Å². The molecule has 0 aliphatic carbocycles. The van der Waals surface area contributed by atoms with Crippen molar-refractivity contribution >= 4 is 165 Å². The molecule has 2 aliphatic heterocycles. The van der Waals surface area contributed by atoms with Crippen LogP contribution in [0.2, 0.25) is 0 Å². The van der Waals surface area contributed by atoms with Crippen LogP contribution < -0.4 is 26.2 Å². The second-order valence-electron chi connectivity index (χ2n) is 41.9. The molecule has 26 rings (SSSR count). The summed E-state index contributed by atoms with van der Waals surface area (Å²) in [6.45, 7) is 27.7. The first-order valence-electron chi connectivity index (χ1n) is 47.4. The van der Waals surface area contributed by atoms with E-state index in [0.29, 0.717) is 0 Å². The van der Waals surface area contributed by atoms with E-state index in [9.17, 15) is 0 Å². The van der Waals surface area contributed by atoms with Crippen LogP contribution in [-0.4, -0.2) is 15.8 Å². The Morgan fingerprint density at radius 3 is 0.722 bits per heavy atom. The molecule has 133 heavy (non-hydrogen) atoms. The average molecular weight is 1700 g/mol. The van der Waals surface area contributed by atoms with Gasteiger partial charge in [0.05, 0.1) is 33.4 Å². The van der Waals surface area contributed by atoms with Crippen LogP contribution in [0.1, 0.15) is 105 Å². The Kier molecular flexibility index (Phi) is 16.9. The zero-order chi connectivity index (χ0) is 89.7. The second-order valence-corrected chi connectivity index (χ2v) is 41.9. The van der Waals surface area contributed by atoms with Gasteiger partial charge in [-0.15, -0.1) is 0 Å². The van der Waals surface area contributed by atoms with Crippen molar-refractivity contribution in [2.45, 2.75) is 105 Å². The van der Waals surface area contributed by atoms with Gasteiger partial charge in [0.1, 0.15) is 0 Å². The quantitative estimate of drug-likeness (QED) is 0.0729. The van der Waals surface area contributed by atoms with Crippen molar-refractivity contribution in [2.24, 2.45) is 0 Å². The highest BCUT2D eigenvalue weighted by molar-refractivity contribution is 7.00. The highest BCUT2D eigenvalue weighted by atomic mass is 15.2. The molecule has 24 aromatic rings. The van der Waals surface area contributed by atoms with Gasteiger partial charge in [-0.2, -0.15) is 0 Å². The number of anilines is 6. The van der Waals surface area contributed by atoms with Gasteiger partial charge in [-0.3, -0.25) is 0 Å². The Balaban J connectivity index is 0.851. The lowest BCUT2D eigenvalue weighted by atomic mass is 9.33. The second kappa shape index (κ2) is 28.6. The summed E-state index contributed by atoms with van der Waals surface area (Å²) in [5.41, 5.74) is 37.6. The molecular weight excluding hydrogens is 1600 g/mol.